The highest BCUT2D eigenvalue weighted by Crippen LogP contribution is 2.13. The second kappa shape index (κ2) is 6.71. The van der Waals surface area contributed by atoms with Crippen LogP contribution in [0.15, 0.2) is 0 Å². The van der Waals surface area contributed by atoms with Crippen LogP contribution in [0, 0.1) is 5.41 Å². The summed E-state index contributed by atoms with van der Waals surface area (Å²) >= 11 is 1.56. The Labute approximate surface area is 94.8 Å². The Morgan fingerprint density at radius 1 is 1.40 bits per heavy atom. The standard InChI is InChI=1S/C10H19NO3S/c1-4-5-15-6-8(12)11-7-10(2,3)9(13)14/h4-7H2,1-3H3,(H,11,12)(H,13,14). The van der Waals surface area contributed by atoms with E-state index in [-0.39, 0.29) is 12.5 Å². The average Bonchev–Trinajstić information content (AvgIpc) is 2.15. The van der Waals surface area contributed by atoms with E-state index in [0.717, 1.165) is 12.2 Å². The Kier molecular flexibility index (Phi) is 6.40. The van der Waals surface area contributed by atoms with Gasteiger partial charge in [0.15, 0.2) is 0 Å². The van der Waals surface area contributed by atoms with Gasteiger partial charge < -0.3 is 10.4 Å². The van der Waals surface area contributed by atoms with E-state index in [9.17, 15) is 9.59 Å². The van der Waals surface area contributed by atoms with E-state index >= 15 is 0 Å². The molecular formula is C10H19NO3S. The summed E-state index contributed by atoms with van der Waals surface area (Å²) in [6, 6.07) is 0. The number of carboxylic acids is 1. The first-order chi connectivity index (χ1) is 6.90. The van der Waals surface area contributed by atoms with Crippen LogP contribution in [-0.2, 0) is 9.59 Å². The number of thioether (sulfide) groups is 1. The van der Waals surface area contributed by atoms with Gasteiger partial charge >= 0.3 is 5.97 Å². The van der Waals surface area contributed by atoms with Gasteiger partial charge in [-0.05, 0) is 26.0 Å². The summed E-state index contributed by atoms with van der Waals surface area (Å²) in [6.45, 7) is 5.41. The number of nitrogens with one attached hydrogen (secondary N) is 1. The van der Waals surface area contributed by atoms with Crippen molar-refractivity contribution in [2.45, 2.75) is 27.2 Å². The minimum absolute atomic E-state index is 0.0947. The minimum atomic E-state index is -0.899. The maximum absolute atomic E-state index is 11.3. The number of carbonyl (C=O) groups excluding carboxylic acids is 1. The monoisotopic (exact) mass is 233 g/mol. The highest BCUT2D eigenvalue weighted by molar-refractivity contribution is 7.99. The molecule has 88 valence electrons. The molecule has 0 bridgehead atoms. The van der Waals surface area contributed by atoms with Crippen molar-refractivity contribution in [2.75, 3.05) is 18.1 Å². The Hall–Kier alpha value is -0.710. The molecule has 0 aliphatic rings. The maximum Gasteiger partial charge on any atom is 0.310 e. The third-order valence-electron chi connectivity index (χ3n) is 1.89. The number of carboxylic acid groups (broad SMARTS) is 1. The predicted molar refractivity (Wildman–Crippen MR) is 62.0 cm³/mol. The number of hydrogen-bond acceptors (Lipinski definition) is 3. The van der Waals surface area contributed by atoms with Gasteiger partial charge in [-0.15, -0.1) is 0 Å². The van der Waals surface area contributed by atoms with Crippen LogP contribution in [0.5, 0.6) is 0 Å². The van der Waals surface area contributed by atoms with Crippen molar-refractivity contribution >= 4 is 23.6 Å². The fourth-order valence-corrected chi connectivity index (χ4v) is 1.48. The fourth-order valence-electron chi connectivity index (χ4n) is 0.755. The Balaban J connectivity index is 3.75. The van der Waals surface area contributed by atoms with Crippen molar-refractivity contribution in [2.24, 2.45) is 5.41 Å². The SMILES string of the molecule is CCCSCC(=O)NCC(C)(C)C(=O)O. The van der Waals surface area contributed by atoms with Gasteiger partial charge in [0.05, 0.1) is 11.2 Å². The van der Waals surface area contributed by atoms with E-state index in [2.05, 4.69) is 12.2 Å². The van der Waals surface area contributed by atoms with Crippen molar-refractivity contribution in [1.29, 1.82) is 0 Å². The number of carbonyl (C=O) groups is 2. The normalized spacial score (nSPS) is 11.1. The zero-order valence-electron chi connectivity index (χ0n) is 9.50. The Bertz CT molecular complexity index is 229. The zero-order valence-corrected chi connectivity index (χ0v) is 10.3. The topological polar surface area (TPSA) is 66.4 Å². The third-order valence-corrected chi connectivity index (χ3v) is 3.05. The van der Waals surface area contributed by atoms with Crippen molar-refractivity contribution in [3.05, 3.63) is 0 Å². The summed E-state index contributed by atoms with van der Waals surface area (Å²) in [5.41, 5.74) is -0.898. The molecule has 0 aromatic heterocycles. The molecule has 0 rings (SSSR count). The molecule has 1 amide bonds. The van der Waals surface area contributed by atoms with Gasteiger partial charge in [-0.3, -0.25) is 9.59 Å². The van der Waals surface area contributed by atoms with Gasteiger partial charge in [-0.25, -0.2) is 0 Å². The minimum Gasteiger partial charge on any atom is -0.481 e. The van der Waals surface area contributed by atoms with E-state index in [1.165, 1.54) is 0 Å². The van der Waals surface area contributed by atoms with Crippen molar-refractivity contribution in [3.63, 3.8) is 0 Å². The van der Waals surface area contributed by atoms with Crippen LogP contribution in [-0.4, -0.2) is 35.0 Å². The number of hydrogen-bond donors (Lipinski definition) is 2. The second-order valence-corrected chi connectivity index (χ2v) is 5.12. The van der Waals surface area contributed by atoms with Crippen LogP contribution >= 0.6 is 11.8 Å². The van der Waals surface area contributed by atoms with Crippen molar-refractivity contribution in [3.8, 4) is 0 Å². The van der Waals surface area contributed by atoms with E-state index in [1.54, 1.807) is 25.6 Å². The smallest absolute Gasteiger partial charge is 0.310 e. The van der Waals surface area contributed by atoms with Crippen LogP contribution in [0.1, 0.15) is 27.2 Å². The molecule has 15 heavy (non-hydrogen) atoms. The summed E-state index contributed by atoms with van der Waals surface area (Å²) in [4.78, 5) is 22.0. The van der Waals surface area contributed by atoms with Crippen LogP contribution in [0.3, 0.4) is 0 Å². The highest BCUT2D eigenvalue weighted by Gasteiger charge is 2.27. The molecule has 0 fully saturated rings. The molecule has 0 saturated heterocycles. The summed E-state index contributed by atoms with van der Waals surface area (Å²) < 4.78 is 0. The van der Waals surface area contributed by atoms with Gasteiger partial charge in [-0.1, -0.05) is 6.92 Å². The van der Waals surface area contributed by atoms with Gasteiger partial charge in [0.1, 0.15) is 0 Å². The summed E-state index contributed by atoms with van der Waals surface area (Å²) in [7, 11) is 0. The fraction of sp³-hybridized carbons (Fsp3) is 0.800. The molecule has 0 aromatic rings. The summed E-state index contributed by atoms with van der Waals surface area (Å²) in [5.74, 6) is 0.367. The van der Waals surface area contributed by atoms with Gasteiger partial charge in [0.2, 0.25) is 5.91 Å². The molecule has 2 N–H and O–H groups in total. The maximum atomic E-state index is 11.3. The third kappa shape index (κ3) is 6.38. The molecule has 0 aliphatic carbocycles. The van der Waals surface area contributed by atoms with E-state index in [4.69, 9.17) is 5.11 Å². The lowest BCUT2D eigenvalue weighted by Gasteiger charge is -2.19. The summed E-state index contributed by atoms with van der Waals surface area (Å²) in [6.07, 6.45) is 1.04. The average molecular weight is 233 g/mol. The lowest BCUT2D eigenvalue weighted by Crippen LogP contribution is -2.39. The Morgan fingerprint density at radius 2 is 2.00 bits per heavy atom. The van der Waals surface area contributed by atoms with Gasteiger partial charge in [-0.2, -0.15) is 11.8 Å². The van der Waals surface area contributed by atoms with Gasteiger partial charge in [0, 0.05) is 6.54 Å². The molecule has 0 heterocycles. The molecule has 0 atom stereocenters. The molecule has 0 aliphatic heterocycles. The quantitative estimate of drug-likeness (QED) is 0.652. The molecule has 0 aromatic carbocycles. The van der Waals surface area contributed by atoms with E-state index in [0.29, 0.717) is 5.75 Å². The molecule has 0 unspecified atom stereocenters. The molecule has 0 saturated carbocycles. The lowest BCUT2D eigenvalue weighted by molar-refractivity contribution is -0.146. The largest absolute Gasteiger partial charge is 0.481 e. The lowest BCUT2D eigenvalue weighted by atomic mass is 9.94. The van der Waals surface area contributed by atoms with Gasteiger partial charge in [0.25, 0.3) is 0 Å². The summed E-state index contributed by atoms with van der Waals surface area (Å²) in [5, 5.41) is 11.4. The first-order valence-electron chi connectivity index (χ1n) is 4.98. The first kappa shape index (κ1) is 14.3. The number of aliphatic carboxylic acids is 1. The molecule has 5 heteroatoms. The number of amides is 1. The van der Waals surface area contributed by atoms with Crippen molar-refractivity contribution < 1.29 is 14.7 Å². The van der Waals surface area contributed by atoms with Crippen LogP contribution in [0.4, 0.5) is 0 Å². The van der Waals surface area contributed by atoms with Crippen LogP contribution in [0.2, 0.25) is 0 Å². The zero-order chi connectivity index (χ0) is 11.9. The van der Waals surface area contributed by atoms with Crippen molar-refractivity contribution in [1.82, 2.24) is 5.32 Å². The highest BCUT2D eigenvalue weighted by atomic mass is 32.2. The second-order valence-electron chi connectivity index (χ2n) is 4.02. The molecule has 0 radical (unpaired) electrons. The number of rotatable bonds is 7. The molecule has 4 nitrogen and oxygen atoms in total. The van der Waals surface area contributed by atoms with Crippen LogP contribution in [0.25, 0.3) is 0 Å². The van der Waals surface area contributed by atoms with Crippen LogP contribution < -0.4 is 5.32 Å². The molecule has 0 spiro atoms. The Morgan fingerprint density at radius 3 is 2.47 bits per heavy atom. The predicted octanol–water partition coefficient (Wildman–Crippen LogP) is 1.36. The first-order valence-corrected chi connectivity index (χ1v) is 6.13. The van der Waals surface area contributed by atoms with E-state index < -0.39 is 11.4 Å². The molecular weight excluding hydrogens is 214 g/mol. The van der Waals surface area contributed by atoms with E-state index in [1.807, 2.05) is 0 Å².